The van der Waals surface area contributed by atoms with E-state index in [0.29, 0.717) is 30.4 Å². The number of anilines is 1. The quantitative estimate of drug-likeness (QED) is 0.0544. The van der Waals surface area contributed by atoms with Crippen molar-refractivity contribution >= 4 is 66.5 Å². The number of nitriles is 1. The molecule has 0 bridgehead atoms. The van der Waals surface area contributed by atoms with Crippen molar-refractivity contribution in [1.82, 2.24) is 9.80 Å². The van der Waals surface area contributed by atoms with Crippen LogP contribution >= 0.6 is 37.2 Å². The fourth-order valence-electron chi connectivity index (χ4n) is 5.24. The van der Waals surface area contributed by atoms with E-state index in [1.54, 1.807) is 6.19 Å². The molecule has 8 N–H and O–H groups in total. The van der Waals surface area contributed by atoms with Gasteiger partial charge >= 0.3 is 12.7 Å². The van der Waals surface area contributed by atoms with Crippen LogP contribution in [0.15, 0.2) is 112 Å². The maximum Gasteiger partial charge on any atom is 0.573 e. The van der Waals surface area contributed by atoms with E-state index in [0.717, 1.165) is 50.2 Å². The topological polar surface area (TPSA) is 190 Å². The first-order valence-electron chi connectivity index (χ1n) is 16.1. The van der Waals surface area contributed by atoms with Crippen molar-refractivity contribution in [1.29, 1.82) is 5.26 Å². The summed E-state index contributed by atoms with van der Waals surface area (Å²) in [7, 11) is 0. The van der Waals surface area contributed by atoms with Gasteiger partial charge in [0, 0.05) is 31.9 Å². The number of fused-ring (bicyclic) bond motifs is 2. The Morgan fingerprint density at radius 1 is 0.614 bits per heavy atom. The molecule has 0 fully saturated rings. The third-order valence-corrected chi connectivity index (χ3v) is 7.73. The average molecular weight is 864 g/mol. The number of aliphatic imine (C=N–C) groups is 3. The minimum Gasteiger partial charge on any atom is -0.406 e. The summed E-state index contributed by atoms with van der Waals surface area (Å²) in [5.41, 5.74) is 28.6. The van der Waals surface area contributed by atoms with Crippen LogP contribution in [0.2, 0.25) is 0 Å². The Balaban J connectivity index is 0.000000460. The van der Waals surface area contributed by atoms with Gasteiger partial charge < -0.3 is 42.2 Å². The SMILES string of the molecule is Cl.Cl.Cl.N#CN=C(N)N1CCc2ccccc2C1.NC(=Nc1ccc(OC(F)(F)F)cc1)N=C(N)N1CCc2ccccc2C1.Nc1ccc(OC(F)(F)F)cc1. The summed E-state index contributed by atoms with van der Waals surface area (Å²) >= 11 is 0. The van der Waals surface area contributed by atoms with Crippen LogP contribution in [-0.2, 0) is 25.9 Å². The van der Waals surface area contributed by atoms with Gasteiger partial charge in [-0.25, -0.2) is 4.99 Å². The molecule has 0 aliphatic carbocycles. The summed E-state index contributed by atoms with van der Waals surface area (Å²) in [5, 5.41) is 8.42. The normalized spacial score (nSPS) is 13.8. The zero-order chi connectivity index (χ0) is 39.3. The first kappa shape index (κ1) is 49.2. The van der Waals surface area contributed by atoms with Gasteiger partial charge in [-0.3, -0.25) is 0 Å². The third-order valence-electron chi connectivity index (χ3n) is 7.73. The van der Waals surface area contributed by atoms with Gasteiger partial charge in [-0.15, -0.1) is 68.6 Å². The Labute approximate surface area is 343 Å². The van der Waals surface area contributed by atoms with Crippen LogP contribution < -0.4 is 32.4 Å². The van der Waals surface area contributed by atoms with Crippen LogP contribution in [0.3, 0.4) is 0 Å². The third kappa shape index (κ3) is 16.9. The molecule has 0 spiro atoms. The Kier molecular flexibility index (Phi) is 19.6. The van der Waals surface area contributed by atoms with Gasteiger partial charge in [0.2, 0.25) is 18.1 Å². The van der Waals surface area contributed by atoms with Gasteiger partial charge in [-0.05, 0) is 83.6 Å². The maximum atomic E-state index is 12.2. The van der Waals surface area contributed by atoms with Crippen molar-refractivity contribution in [3.8, 4) is 17.7 Å². The maximum absolute atomic E-state index is 12.2. The lowest BCUT2D eigenvalue weighted by molar-refractivity contribution is -0.275. The van der Waals surface area contributed by atoms with Crippen LogP contribution in [0.5, 0.6) is 11.5 Å². The summed E-state index contributed by atoms with van der Waals surface area (Å²) in [6.45, 7) is 2.91. The van der Waals surface area contributed by atoms with Crippen LogP contribution in [-0.4, -0.2) is 53.5 Å². The van der Waals surface area contributed by atoms with E-state index < -0.39 is 12.7 Å². The molecule has 308 valence electrons. The number of alkyl halides is 6. The summed E-state index contributed by atoms with van der Waals surface area (Å²) in [5.74, 6) is -0.141. The fraction of sp³-hybridized carbons (Fsp3) is 0.222. The Morgan fingerprint density at radius 3 is 1.44 bits per heavy atom. The number of hydrogen-bond donors (Lipinski definition) is 4. The van der Waals surface area contributed by atoms with Crippen LogP contribution in [0, 0.1) is 11.5 Å². The van der Waals surface area contributed by atoms with Crippen molar-refractivity contribution in [3.63, 3.8) is 0 Å². The highest BCUT2D eigenvalue weighted by molar-refractivity contribution is 5.94. The molecule has 0 saturated heterocycles. The average Bonchev–Trinajstić information content (AvgIpc) is 3.12. The molecular formula is C36H39Cl3F6N10O2. The van der Waals surface area contributed by atoms with E-state index in [9.17, 15) is 26.3 Å². The van der Waals surface area contributed by atoms with Crippen molar-refractivity contribution in [2.45, 2.75) is 38.7 Å². The molecular weight excluding hydrogens is 825 g/mol. The lowest BCUT2D eigenvalue weighted by atomic mass is 10.0. The summed E-state index contributed by atoms with van der Waals surface area (Å²) in [6.07, 6.45) is -5.87. The van der Waals surface area contributed by atoms with E-state index in [2.05, 4.69) is 42.7 Å². The molecule has 6 rings (SSSR count). The molecule has 21 heteroatoms. The van der Waals surface area contributed by atoms with Crippen molar-refractivity contribution in [3.05, 3.63) is 119 Å². The highest BCUT2D eigenvalue weighted by Crippen LogP contribution is 2.26. The van der Waals surface area contributed by atoms with Crippen molar-refractivity contribution < 1.29 is 35.8 Å². The zero-order valence-electron chi connectivity index (χ0n) is 29.8. The Hall–Kier alpha value is -5.77. The minimum atomic E-state index is -4.74. The molecule has 4 aromatic rings. The molecule has 0 saturated carbocycles. The smallest absolute Gasteiger partial charge is 0.406 e. The van der Waals surface area contributed by atoms with Gasteiger partial charge in [0.1, 0.15) is 11.5 Å². The predicted molar refractivity (Wildman–Crippen MR) is 214 cm³/mol. The number of nitrogens with two attached hydrogens (primary N) is 4. The lowest BCUT2D eigenvalue weighted by Crippen LogP contribution is -2.41. The first-order valence-corrected chi connectivity index (χ1v) is 16.1. The molecule has 0 atom stereocenters. The highest BCUT2D eigenvalue weighted by Gasteiger charge is 2.31. The van der Waals surface area contributed by atoms with Gasteiger partial charge in [0.25, 0.3) is 0 Å². The van der Waals surface area contributed by atoms with Crippen LogP contribution in [0.25, 0.3) is 0 Å². The summed E-state index contributed by atoms with van der Waals surface area (Å²) < 4.78 is 78.6. The number of nitrogen functional groups attached to an aromatic ring is 1. The predicted octanol–water partition coefficient (Wildman–Crippen LogP) is 7.18. The number of guanidine groups is 3. The molecule has 0 aromatic heterocycles. The molecule has 2 heterocycles. The van der Waals surface area contributed by atoms with Crippen molar-refractivity contribution in [2.24, 2.45) is 32.2 Å². The molecule has 0 amide bonds. The molecule has 2 aliphatic rings. The molecule has 57 heavy (non-hydrogen) atoms. The Morgan fingerprint density at radius 2 is 1.02 bits per heavy atom. The summed E-state index contributed by atoms with van der Waals surface area (Å²) in [6, 6.07) is 26.3. The number of benzene rings is 4. The number of halogens is 9. The second kappa shape index (κ2) is 22.7. The molecule has 4 aromatic carbocycles. The second-order valence-corrected chi connectivity index (χ2v) is 11.5. The molecule has 2 aliphatic heterocycles. The van der Waals surface area contributed by atoms with Gasteiger partial charge in [0.15, 0.2) is 5.96 Å². The lowest BCUT2D eigenvalue weighted by Gasteiger charge is -2.29. The molecule has 0 radical (unpaired) electrons. The molecule has 12 nitrogen and oxygen atoms in total. The zero-order valence-corrected chi connectivity index (χ0v) is 32.2. The highest BCUT2D eigenvalue weighted by atomic mass is 35.5. The molecule has 0 unspecified atom stereocenters. The standard InChI is InChI=1S/C18H18F3N5O.C11H12N4.C7H6F3NO.3ClH/c19-18(20,21)27-15-7-5-14(6-8-15)24-16(22)25-17(23)26-10-9-12-3-1-2-4-13(12)11-26;12-8-14-11(13)15-6-5-9-3-1-2-4-10(9)7-15;8-7(9,10)12-6-3-1-5(11)2-4-6;;;/h1-8H,9-11H2,(H4,22,23,24,25);1-4H,5-7H2,(H2,13,14);1-4H,11H2;3*1H. The number of hydrogen-bond acceptors (Lipinski definition) is 6. The number of ether oxygens (including phenoxy) is 2. The first-order chi connectivity index (χ1) is 25.6. The monoisotopic (exact) mass is 862 g/mol. The minimum absolute atomic E-state index is 0. The van der Waals surface area contributed by atoms with E-state index >= 15 is 0 Å². The van der Waals surface area contributed by atoms with Crippen molar-refractivity contribution in [2.75, 3.05) is 18.8 Å². The Bertz CT molecular complexity index is 1990. The van der Waals surface area contributed by atoms with E-state index in [-0.39, 0.29) is 60.6 Å². The number of nitrogens with zero attached hydrogens (tertiary/aromatic N) is 6. The van der Waals surface area contributed by atoms with E-state index in [1.165, 1.54) is 46.5 Å². The number of rotatable bonds is 3. The largest absolute Gasteiger partial charge is 0.573 e. The van der Waals surface area contributed by atoms with E-state index in [1.807, 2.05) is 40.1 Å². The summed E-state index contributed by atoms with van der Waals surface area (Å²) in [4.78, 5) is 15.5. The van der Waals surface area contributed by atoms with Gasteiger partial charge in [-0.2, -0.15) is 10.3 Å². The van der Waals surface area contributed by atoms with Gasteiger partial charge in [-0.1, -0.05) is 48.5 Å². The van der Waals surface area contributed by atoms with Gasteiger partial charge in [0.05, 0.1) is 5.69 Å². The van der Waals surface area contributed by atoms with Crippen LogP contribution in [0.1, 0.15) is 22.3 Å². The fourth-order valence-corrected chi connectivity index (χ4v) is 5.24. The second-order valence-electron chi connectivity index (χ2n) is 11.5. The van der Waals surface area contributed by atoms with E-state index in [4.69, 9.17) is 28.2 Å². The van der Waals surface area contributed by atoms with Crippen LogP contribution in [0.4, 0.5) is 37.7 Å².